The highest BCUT2D eigenvalue weighted by Gasteiger charge is 2.39. The number of carboxylic acid groups (broad SMARTS) is 1. The number of rotatable bonds is 4. The maximum absolute atomic E-state index is 12.2. The van der Waals surface area contributed by atoms with Gasteiger partial charge in [0.05, 0.1) is 5.37 Å². The number of thioether (sulfide) groups is 1. The normalized spacial score (nSPS) is 23.1. The van der Waals surface area contributed by atoms with Gasteiger partial charge in [0.15, 0.2) is 0 Å². The summed E-state index contributed by atoms with van der Waals surface area (Å²) in [4.78, 5) is 25.8. The molecule has 1 aliphatic rings. The van der Waals surface area contributed by atoms with Crippen LogP contribution in [0.4, 0.5) is 0 Å². The second kappa shape index (κ2) is 6.25. The van der Waals surface area contributed by atoms with Gasteiger partial charge in [0, 0.05) is 16.7 Å². The van der Waals surface area contributed by atoms with Crippen molar-refractivity contribution in [2.24, 2.45) is 0 Å². The Labute approximate surface area is 120 Å². The van der Waals surface area contributed by atoms with E-state index in [-0.39, 0.29) is 11.3 Å². The third-order valence-corrected chi connectivity index (χ3v) is 5.21. The number of hydrogen-bond donors (Lipinski definition) is 1. The van der Waals surface area contributed by atoms with Crippen molar-refractivity contribution in [3.63, 3.8) is 0 Å². The number of amides is 1. The average Bonchev–Trinajstić information content (AvgIpc) is 3.04. The first-order valence-corrected chi connectivity index (χ1v) is 7.94. The highest BCUT2D eigenvalue weighted by Crippen LogP contribution is 2.31. The van der Waals surface area contributed by atoms with E-state index >= 15 is 0 Å². The van der Waals surface area contributed by atoms with E-state index in [0.29, 0.717) is 5.75 Å². The molecule has 0 saturated carbocycles. The molecule has 2 rings (SSSR count). The fraction of sp³-hybridized carbons (Fsp3) is 0.385. The van der Waals surface area contributed by atoms with E-state index in [1.165, 1.54) is 22.7 Å². The number of aliphatic carboxylic acids is 1. The van der Waals surface area contributed by atoms with Crippen molar-refractivity contribution < 1.29 is 14.7 Å². The summed E-state index contributed by atoms with van der Waals surface area (Å²) in [5.74, 6) is -0.689. The number of carboxylic acids is 1. The Hall–Kier alpha value is -1.27. The van der Waals surface area contributed by atoms with Crippen molar-refractivity contribution in [3.8, 4) is 0 Å². The van der Waals surface area contributed by atoms with Gasteiger partial charge in [-0.1, -0.05) is 13.0 Å². The van der Waals surface area contributed by atoms with Crippen LogP contribution in [0.5, 0.6) is 0 Å². The van der Waals surface area contributed by atoms with E-state index in [1.54, 1.807) is 17.4 Å². The molecule has 1 amide bonds. The molecule has 4 nitrogen and oxygen atoms in total. The predicted octanol–water partition coefficient (Wildman–Crippen LogP) is 2.53. The monoisotopic (exact) mass is 297 g/mol. The zero-order chi connectivity index (χ0) is 13.8. The van der Waals surface area contributed by atoms with Crippen LogP contribution in [0, 0.1) is 0 Å². The van der Waals surface area contributed by atoms with Gasteiger partial charge in [0.25, 0.3) is 0 Å². The molecule has 0 radical (unpaired) electrons. The molecule has 19 heavy (non-hydrogen) atoms. The molecule has 2 atom stereocenters. The average molecular weight is 297 g/mol. The van der Waals surface area contributed by atoms with Gasteiger partial charge < -0.3 is 10.0 Å². The van der Waals surface area contributed by atoms with Crippen molar-refractivity contribution in [2.45, 2.75) is 24.8 Å². The van der Waals surface area contributed by atoms with Gasteiger partial charge in [-0.2, -0.15) is 0 Å². The van der Waals surface area contributed by atoms with Crippen LogP contribution in [0.3, 0.4) is 0 Å². The molecular formula is C13H15NO3S2. The second-order valence-electron chi connectivity index (χ2n) is 4.14. The van der Waals surface area contributed by atoms with Crippen LogP contribution in [-0.4, -0.2) is 39.1 Å². The highest BCUT2D eigenvalue weighted by atomic mass is 32.2. The Morgan fingerprint density at radius 1 is 1.58 bits per heavy atom. The van der Waals surface area contributed by atoms with E-state index < -0.39 is 12.0 Å². The van der Waals surface area contributed by atoms with Crippen LogP contribution in [0.25, 0.3) is 6.08 Å². The smallest absolute Gasteiger partial charge is 0.327 e. The molecule has 0 bridgehead atoms. The van der Waals surface area contributed by atoms with Gasteiger partial charge in [-0.15, -0.1) is 23.1 Å². The zero-order valence-corrected chi connectivity index (χ0v) is 12.1. The predicted molar refractivity (Wildman–Crippen MR) is 78.2 cm³/mol. The van der Waals surface area contributed by atoms with E-state index in [0.717, 1.165) is 11.3 Å². The van der Waals surface area contributed by atoms with E-state index in [9.17, 15) is 9.59 Å². The summed E-state index contributed by atoms with van der Waals surface area (Å²) in [7, 11) is 0. The first kappa shape index (κ1) is 14.1. The third-order valence-electron chi connectivity index (χ3n) is 2.91. The highest BCUT2D eigenvalue weighted by molar-refractivity contribution is 8.00. The topological polar surface area (TPSA) is 57.6 Å². The van der Waals surface area contributed by atoms with Crippen molar-refractivity contribution in [1.82, 2.24) is 4.90 Å². The molecular weight excluding hydrogens is 282 g/mol. The summed E-state index contributed by atoms with van der Waals surface area (Å²) in [6, 6.07) is 3.12. The minimum absolute atomic E-state index is 0.0402. The summed E-state index contributed by atoms with van der Waals surface area (Å²) < 4.78 is 0. The summed E-state index contributed by atoms with van der Waals surface area (Å²) in [6.07, 6.45) is 3.96. The molecule has 0 aromatic carbocycles. The third kappa shape index (κ3) is 3.19. The Balaban J connectivity index is 2.12. The summed E-state index contributed by atoms with van der Waals surface area (Å²) in [5.41, 5.74) is 0. The number of carbonyl (C=O) groups is 2. The Morgan fingerprint density at radius 2 is 2.37 bits per heavy atom. The van der Waals surface area contributed by atoms with Crippen LogP contribution >= 0.6 is 23.1 Å². The Kier molecular flexibility index (Phi) is 4.66. The lowest BCUT2D eigenvalue weighted by Gasteiger charge is -2.25. The van der Waals surface area contributed by atoms with Gasteiger partial charge in [0.2, 0.25) is 5.91 Å². The van der Waals surface area contributed by atoms with Crippen LogP contribution < -0.4 is 0 Å². The van der Waals surface area contributed by atoms with E-state index in [4.69, 9.17) is 5.11 Å². The van der Waals surface area contributed by atoms with Crippen LogP contribution in [-0.2, 0) is 9.59 Å². The molecule has 2 unspecified atom stereocenters. The number of nitrogens with zero attached hydrogens (tertiary/aromatic N) is 1. The molecule has 1 N–H and O–H groups in total. The fourth-order valence-corrected chi connectivity index (χ4v) is 3.96. The fourth-order valence-electron chi connectivity index (χ4n) is 1.99. The SMILES string of the molecule is CCC1SCC(C(=O)O)N1C(=O)C=Cc1cccs1. The molecule has 0 spiro atoms. The van der Waals surface area contributed by atoms with Crippen molar-refractivity contribution >= 4 is 41.1 Å². The number of hydrogen-bond acceptors (Lipinski definition) is 4. The van der Waals surface area contributed by atoms with Crippen LogP contribution in [0.15, 0.2) is 23.6 Å². The van der Waals surface area contributed by atoms with Crippen molar-refractivity contribution in [1.29, 1.82) is 0 Å². The lowest BCUT2D eigenvalue weighted by atomic mass is 10.2. The molecule has 102 valence electrons. The van der Waals surface area contributed by atoms with Gasteiger partial charge >= 0.3 is 5.97 Å². The molecule has 2 heterocycles. The lowest BCUT2D eigenvalue weighted by molar-refractivity contribution is -0.147. The largest absolute Gasteiger partial charge is 0.480 e. The van der Waals surface area contributed by atoms with E-state index in [2.05, 4.69) is 0 Å². The van der Waals surface area contributed by atoms with E-state index in [1.807, 2.05) is 24.4 Å². The van der Waals surface area contributed by atoms with Gasteiger partial charge in [-0.25, -0.2) is 4.79 Å². The second-order valence-corrected chi connectivity index (χ2v) is 6.33. The number of carbonyl (C=O) groups excluding carboxylic acids is 1. The molecule has 0 aliphatic carbocycles. The lowest BCUT2D eigenvalue weighted by Crippen LogP contribution is -2.44. The minimum Gasteiger partial charge on any atom is -0.480 e. The Bertz CT molecular complexity index is 484. The molecule has 1 fully saturated rings. The summed E-state index contributed by atoms with van der Waals surface area (Å²) in [6.45, 7) is 1.96. The molecule has 6 heteroatoms. The minimum atomic E-state index is -0.929. The molecule has 1 saturated heterocycles. The van der Waals surface area contributed by atoms with Gasteiger partial charge in [0.1, 0.15) is 6.04 Å². The first-order chi connectivity index (χ1) is 9.13. The van der Waals surface area contributed by atoms with Gasteiger partial charge in [-0.05, 0) is 23.9 Å². The van der Waals surface area contributed by atoms with Crippen LogP contribution in [0.2, 0.25) is 0 Å². The maximum atomic E-state index is 12.2. The van der Waals surface area contributed by atoms with Crippen molar-refractivity contribution in [3.05, 3.63) is 28.5 Å². The van der Waals surface area contributed by atoms with Crippen LogP contribution in [0.1, 0.15) is 18.2 Å². The standard InChI is InChI=1S/C13H15NO3S2/c1-2-12-14(10(8-19-12)13(16)17)11(15)6-5-9-4-3-7-18-9/h3-7,10,12H,2,8H2,1H3,(H,16,17). The number of thiophene rings is 1. The van der Waals surface area contributed by atoms with Gasteiger partial charge in [-0.3, -0.25) is 4.79 Å². The molecule has 1 aromatic heterocycles. The summed E-state index contributed by atoms with van der Waals surface area (Å²) in [5, 5.41) is 11.1. The Morgan fingerprint density at radius 3 is 2.95 bits per heavy atom. The first-order valence-electron chi connectivity index (χ1n) is 6.01. The quantitative estimate of drug-likeness (QED) is 0.868. The van der Waals surface area contributed by atoms with Crippen molar-refractivity contribution in [2.75, 3.05) is 5.75 Å². The zero-order valence-electron chi connectivity index (χ0n) is 10.5. The molecule has 1 aliphatic heterocycles. The molecule has 1 aromatic rings. The summed E-state index contributed by atoms with van der Waals surface area (Å²) >= 11 is 3.07. The maximum Gasteiger partial charge on any atom is 0.327 e.